The summed E-state index contributed by atoms with van der Waals surface area (Å²) in [5, 5.41) is 3.24. The van der Waals surface area contributed by atoms with E-state index in [4.69, 9.17) is 4.74 Å². The van der Waals surface area contributed by atoms with Gasteiger partial charge < -0.3 is 14.6 Å². The maximum atomic E-state index is 5.10. The molecule has 0 spiro atoms. The van der Waals surface area contributed by atoms with E-state index in [0.29, 0.717) is 11.7 Å². The molecule has 2 heterocycles. The molecule has 0 aliphatic heterocycles. The number of hydrogen-bond acceptors (Lipinski definition) is 5. The van der Waals surface area contributed by atoms with E-state index >= 15 is 0 Å². The average Bonchev–Trinajstić information content (AvgIpc) is 2.74. The molecule has 0 saturated heterocycles. The van der Waals surface area contributed by atoms with Crippen LogP contribution in [0.2, 0.25) is 0 Å². The Morgan fingerprint density at radius 1 is 1.39 bits per heavy atom. The highest BCUT2D eigenvalue weighted by Gasteiger charge is 2.02. The number of hydrogen-bond donors (Lipinski definition) is 1. The van der Waals surface area contributed by atoms with Gasteiger partial charge in [0.1, 0.15) is 17.5 Å². The van der Waals surface area contributed by atoms with E-state index in [-0.39, 0.29) is 0 Å². The van der Waals surface area contributed by atoms with Crippen LogP contribution in [0.15, 0.2) is 18.5 Å². The largest absolute Gasteiger partial charge is 0.481 e. The topological polar surface area (TPSA) is 64.9 Å². The van der Waals surface area contributed by atoms with Gasteiger partial charge in [-0.25, -0.2) is 9.97 Å². The lowest BCUT2D eigenvalue weighted by Gasteiger charge is -2.07. The molecule has 0 unspecified atom stereocenters. The third kappa shape index (κ3) is 2.97. The minimum Gasteiger partial charge on any atom is -0.481 e. The smallest absolute Gasteiger partial charge is 0.218 e. The number of rotatable bonds is 5. The van der Waals surface area contributed by atoms with E-state index in [9.17, 15) is 0 Å². The fraction of sp³-hybridized carbons (Fsp3) is 0.417. The van der Waals surface area contributed by atoms with E-state index in [1.54, 1.807) is 19.4 Å². The Morgan fingerprint density at radius 3 is 2.89 bits per heavy atom. The van der Waals surface area contributed by atoms with Gasteiger partial charge in [0.05, 0.1) is 7.11 Å². The van der Waals surface area contributed by atoms with Crippen LogP contribution in [0, 0.1) is 6.92 Å². The SMILES string of the molecule is COc1cc(NCCc2nccn2C)nc(C)n1. The predicted molar refractivity (Wildman–Crippen MR) is 68.7 cm³/mol. The second kappa shape index (κ2) is 5.48. The van der Waals surface area contributed by atoms with Crippen molar-refractivity contribution in [2.24, 2.45) is 7.05 Å². The van der Waals surface area contributed by atoms with E-state index in [0.717, 1.165) is 24.6 Å². The predicted octanol–water partition coefficient (Wildman–Crippen LogP) is 1.18. The van der Waals surface area contributed by atoms with Gasteiger partial charge in [0.2, 0.25) is 5.88 Å². The lowest BCUT2D eigenvalue weighted by atomic mass is 10.4. The van der Waals surface area contributed by atoms with Gasteiger partial charge in [-0.1, -0.05) is 0 Å². The molecular weight excluding hydrogens is 230 g/mol. The van der Waals surface area contributed by atoms with E-state index in [1.807, 2.05) is 24.7 Å². The van der Waals surface area contributed by atoms with Crippen LogP contribution in [0.1, 0.15) is 11.6 Å². The summed E-state index contributed by atoms with van der Waals surface area (Å²) in [5.41, 5.74) is 0. The number of imidazole rings is 1. The van der Waals surface area contributed by atoms with Crippen molar-refractivity contribution in [2.45, 2.75) is 13.3 Å². The highest BCUT2D eigenvalue weighted by Crippen LogP contribution is 2.12. The molecule has 6 heteroatoms. The molecule has 0 atom stereocenters. The van der Waals surface area contributed by atoms with Crippen LogP contribution < -0.4 is 10.1 Å². The van der Waals surface area contributed by atoms with Crippen molar-refractivity contribution in [1.82, 2.24) is 19.5 Å². The Bertz CT molecular complexity index is 523. The molecule has 18 heavy (non-hydrogen) atoms. The summed E-state index contributed by atoms with van der Waals surface area (Å²) >= 11 is 0. The molecule has 0 saturated carbocycles. The lowest BCUT2D eigenvalue weighted by Crippen LogP contribution is -2.10. The Balaban J connectivity index is 1.94. The second-order valence-corrected chi connectivity index (χ2v) is 3.97. The van der Waals surface area contributed by atoms with Crippen molar-refractivity contribution in [3.05, 3.63) is 30.1 Å². The molecule has 2 aromatic heterocycles. The number of methoxy groups -OCH3 is 1. The Labute approximate surface area is 106 Å². The van der Waals surface area contributed by atoms with Crippen LogP contribution in [0.25, 0.3) is 0 Å². The first kappa shape index (κ1) is 12.3. The molecule has 0 amide bonds. The first-order chi connectivity index (χ1) is 8.69. The van der Waals surface area contributed by atoms with Gasteiger partial charge in [0.15, 0.2) is 0 Å². The molecule has 96 valence electrons. The molecule has 0 radical (unpaired) electrons. The summed E-state index contributed by atoms with van der Waals surface area (Å²) in [6, 6.07) is 1.78. The summed E-state index contributed by atoms with van der Waals surface area (Å²) in [4.78, 5) is 12.7. The Kier molecular flexibility index (Phi) is 3.76. The molecule has 6 nitrogen and oxygen atoms in total. The summed E-state index contributed by atoms with van der Waals surface area (Å²) in [6.45, 7) is 2.61. The van der Waals surface area contributed by atoms with Gasteiger partial charge in [0.25, 0.3) is 0 Å². The molecule has 0 fully saturated rings. The molecular formula is C12H17N5O. The number of aromatic nitrogens is 4. The molecule has 0 aliphatic carbocycles. The maximum absolute atomic E-state index is 5.10. The van der Waals surface area contributed by atoms with Gasteiger partial charge in [-0.2, -0.15) is 4.98 Å². The third-order valence-electron chi connectivity index (χ3n) is 2.60. The first-order valence-corrected chi connectivity index (χ1v) is 5.79. The third-order valence-corrected chi connectivity index (χ3v) is 2.60. The zero-order valence-electron chi connectivity index (χ0n) is 10.8. The molecule has 1 N–H and O–H groups in total. The van der Waals surface area contributed by atoms with E-state index in [2.05, 4.69) is 20.3 Å². The minimum atomic E-state index is 0.571. The average molecular weight is 247 g/mol. The van der Waals surface area contributed by atoms with E-state index in [1.165, 1.54) is 0 Å². The Hall–Kier alpha value is -2.11. The highest BCUT2D eigenvalue weighted by atomic mass is 16.5. The van der Waals surface area contributed by atoms with Crippen molar-refractivity contribution in [2.75, 3.05) is 19.0 Å². The van der Waals surface area contributed by atoms with Crippen molar-refractivity contribution in [3.8, 4) is 5.88 Å². The van der Waals surface area contributed by atoms with Crippen molar-refractivity contribution >= 4 is 5.82 Å². The number of ether oxygens (including phenoxy) is 1. The zero-order chi connectivity index (χ0) is 13.0. The minimum absolute atomic E-state index is 0.571. The van der Waals surface area contributed by atoms with Crippen LogP contribution in [-0.4, -0.2) is 33.2 Å². The molecule has 2 rings (SSSR count). The maximum Gasteiger partial charge on any atom is 0.218 e. The van der Waals surface area contributed by atoms with Crippen LogP contribution in [-0.2, 0) is 13.5 Å². The summed E-state index contributed by atoms with van der Waals surface area (Å²) < 4.78 is 7.11. The fourth-order valence-electron chi connectivity index (χ4n) is 1.68. The number of nitrogens with zero attached hydrogens (tertiary/aromatic N) is 4. The van der Waals surface area contributed by atoms with Crippen molar-refractivity contribution in [3.63, 3.8) is 0 Å². The number of anilines is 1. The van der Waals surface area contributed by atoms with Gasteiger partial charge in [0, 0.05) is 38.5 Å². The van der Waals surface area contributed by atoms with Crippen LogP contribution in [0.4, 0.5) is 5.82 Å². The zero-order valence-corrected chi connectivity index (χ0v) is 10.8. The molecule has 0 aromatic carbocycles. The van der Waals surface area contributed by atoms with Crippen molar-refractivity contribution < 1.29 is 4.74 Å². The number of nitrogens with one attached hydrogen (secondary N) is 1. The highest BCUT2D eigenvalue weighted by molar-refractivity contribution is 5.38. The fourth-order valence-corrected chi connectivity index (χ4v) is 1.68. The summed E-state index contributed by atoms with van der Waals surface area (Å²) in [5.74, 6) is 3.07. The normalized spacial score (nSPS) is 10.4. The van der Waals surface area contributed by atoms with Crippen LogP contribution in [0.5, 0.6) is 5.88 Å². The second-order valence-electron chi connectivity index (χ2n) is 3.97. The van der Waals surface area contributed by atoms with Gasteiger partial charge in [-0.05, 0) is 6.92 Å². The Morgan fingerprint density at radius 2 is 2.22 bits per heavy atom. The van der Waals surface area contributed by atoms with E-state index < -0.39 is 0 Å². The molecule has 0 aliphatic rings. The standard InChI is InChI=1S/C12H17N5O/c1-9-15-10(8-12(16-9)18-3)13-5-4-11-14-6-7-17(11)2/h6-8H,4-5H2,1-3H3,(H,13,15,16). The summed E-state index contributed by atoms with van der Waals surface area (Å²) in [6.07, 6.45) is 4.58. The number of aryl methyl sites for hydroxylation is 2. The van der Waals surface area contributed by atoms with Gasteiger partial charge >= 0.3 is 0 Å². The van der Waals surface area contributed by atoms with Crippen LogP contribution in [0.3, 0.4) is 0 Å². The monoisotopic (exact) mass is 247 g/mol. The van der Waals surface area contributed by atoms with Crippen molar-refractivity contribution in [1.29, 1.82) is 0 Å². The molecule has 0 bridgehead atoms. The van der Waals surface area contributed by atoms with Gasteiger partial charge in [-0.15, -0.1) is 0 Å². The van der Waals surface area contributed by atoms with Crippen LogP contribution >= 0.6 is 0 Å². The van der Waals surface area contributed by atoms with Gasteiger partial charge in [-0.3, -0.25) is 0 Å². The lowest BCUT2D eigenvalue weighted by molar-refractivity contribution is 0.396. The first-order valence-electron chi connectivity index (χ1n) is 5.79. The quantitative estimate of drug-likeness (QED) is 0.859. The molecule has 2 aromatic rings. The summed E-state index contributed by atoms with van der Waals surface area (Å²) in [7, 11) is 3.58.